The Hall–Kier alpha value is -1.40. The fraction of sp³-hybridized carbons (Fsp3) is 0.300. The second kappa shape index (κ2) is 6.32. The van der Waals surface area contributed by atoms with Gasteiger partial charge in [0.25, 0.3) is 0 Å². The molecule has 0 heterocycles. The molecule has 0 saturated carbocycles. The molecule has 0 aliphatic rings. The molecule has 1 aromatic carbocycles. The van der Waals surface area contributed by atoms with Gasteiger partial charge in [0.1, 0.15) is 0 Å². The van der Waals surface area contributed by atoms with E-state index in [1.807, 2.05) is 6.07 Å². The Morgan fingerprint density at radius 2 is 1.50 bits per heavy atom. The van der Waals surface area contributed by atoms with Crippen LogP contribution in [0.2, 0.25) is 0 Å². The molecular formula is C10H14N2. The van der Waals surface area contributed by atoms with Gasteiger partial charge < -0.3 is 0 Å². The zero-order valence-corrected chi connectivity index (χ0v) is 7.46. The van der Waals surface area contributed by atoms with Crippen LogP contribution >= 0.6 is 0 Å². The Morgan fingerprint density at radius 1 is 1.08 bits per heavy atom. The van der Waals surface area contributed by atoms with Gasteiger partial charge >= 0.3 is 0 Å². The first-order valence-corrected chi connectivity index (χ1v) is 3.85. The van der Waals surface area contributed by atoms with Crippen LogP contribution in [-0.2, 0) is 0 Å². The number of hydrogen-bond donors (Lipinski definition) is 2. The van der Waals surface area contributed by atoms with Crippen molar-refractivity contribution in [2.45, 2.75) is 19.8 Å². The smallest absolute Gasteiger partial charge is 0.0831 e. The second-order valence-electron chi connectivity index (χ2n) is 2.69. The largest absolute Gasteiger partial charge is 0.242 e. The van der Waals surface area contributed by atoms with Gasteiger partial charge in [-0.05, 0) is 11.5 Å². The minimum absolute atomic E-state index is 0.659. The maximum absolute atomic E-state index is 5.62. The maximum atomic E-state index is 5.62. The summed E-state index contributed by atoms with van der Waals surface area (Å²) >= 11 is 0. The van der Waals surface area contributed by atoms with Gasteiger partial charge in [0.15, 0.2) is 0 Å². The molecule has 0 aliphatic carbocycles. The van der Waals surface area contributed by atoms with Crippen LogP contribution in [0.3, 0.4) is 0 Å². The molecule has 0 spiro atoms. The maximum Gasteiger partial charge on any atom is 0.0831 e. The van der Waals surface area contributed by atoms with Gasteiger partial charge in [0.2, 0.25) is 0 Å². The summed E-state index contributed by atoms with van der Waals surface area (Å²) in [4.78, 5) is 0. The van der Waals surface area contributed by atoms with Crippen LogP contribution in [-0.4, -0.2) is 6.01 Å². The van der Waals surface area contributed by atoms with Gasteiger partial charge in [-0.25, -0.2) is 10.8 Å². The van der Waals surface area contributed by atoms with E-state index in [0.717, 1.165) is 0 Å². The van der Waals surface area contributed by atoms with Crippen LogP contribution < -0.4 is 0 Å². The summed E-state index contributed by atoms with van der Waals surface area (Å²) in [5.74, 6) is 0.659. The molecular weight excluding hydrogens is 148 g/mol. The zero-order valence-electron chi connectivity index (χ0n) is 7.46. The highest BCUT2D eigenvalue weighted by molar-refractivity contribution is 5.29. The van der Waals surface area contributed by atoms with Crippen molar-refractivity contribution in [1.29, 1.82) is 10.8 Å². The van der Waals surface area contributed by atoms with Crippen LogP contribution in [0.4, 0.5) is 0 Å². The van der Waals surface area contributed by atoms with E-state index >= 15 is 0 Å². The van der Waals surface area contributed by atoms with E-state index in [2.05, 4.69) is 38.1 Å². The molecule has 0 atom stereocenters. The van der Waals surface area contributed by atoms with Gasteiger partial charge in [-0.15, -0.1) is 0 Å². The number of benzene rings is 1. The van der Waals surface area contributed by atoms with Crippen LogP contribution in [0.15, 0.2) is 30.3 Å². The predicted molar refractivity (Wildman–Crippen MR) is 51.0 cm³/mol. The Labute approximate surface area is 73.3 Å². The summed E-state index contributed by atoms with van der Waals surface area (Å²) in [5, 5.41) is 11.2. The van der Waals surface area contributed by atoms with E-state index in [9.17, 15) is 0 Å². The van der Waals surface area contributed by atoms with Crippen molar-refractivity contribution in [2.75, 3.05) is 0 Å². The standard InChI is InChI=1S/C9H12.CH2N2/c1-8(2)9-6-4-3-5-7-9;2-1-3/h3-8H,1-2H3;2-3H. The third kappa shape index (κ3) is 4.42. The summed E-state index contributed by atoms with van der Waals surface area (Å²) in [7, 11) is 0. The molecule has 0 fully saturated rings. The molecule has 0 saturated heterocycles. The highest BCUT2D eigenvalue weighted by Gasteiger charge is 1.93. The molecule has 12 heavy (non-hydrogen) atoms. The fourth-order valence-corrected chi connectivity index (χ4v) is 0.838. The van der Waals surface area contributed by atoms with E-state index in [1.165, 1.54) is 11.6 Å². The summed E-state index contributed by atoms with van der Waals surface area (Å²) in [6.07, 6.45) is 0. The average molecular weight is 162 g/mol. The Kier molecular flexibility index (Phi) is 5.58. The summed E-state index contributed by atoms with van der Waals surface area (Å²) in [6.45, 7) is 4.41. The fourth-order valence-electron chi connectivity index (χ4n) is 0.838. The van der Waals surface area contributed by atoms with Crippen molar-refractivity contribution >= 4 is 6.01 Å². The predicted octanol–water partition coefficient (Wildman–Crippen LogP) is 3.13. The van der Waals surface area contributed by atoms with Crippen molar-refractivity contribution in [3.63, 3.8) is 0 Å². The highest BCUT2D eigenvalue weighted by atomic mass is 14.4. The molecule has 2 nitrogen and oxygen atoms in total. The van der Waals surface area contributed by atoms with Crippen LogP contribution in [0.5, 0.6) is 0 Å². The minimum atomic E-state index is 0.659. The van der Waals surface area contributed by atoms with Gasteiger partial charge in [-0.2, -0.15) is 0 Å². The third-order valence-corrected chi connectivity index (χ3v) is 1.47. The third-order valence-electron chi connectivity index (χ3n) is 1.47. The second-order valence-corrected chi connectivity index (χ2v) is 2.69. The SMILES string of the molecule is CC(C)c1ccccc1.N=C=N. The lowest BCUT2D eigenvalue weighted by Crippen LogP contribution is -1.83. The molecule has 0 bridgehead atoms. The molecule has 0 unspecified atom stereocenters. The first-order chi connectivity index (χ1) is 5.72. The monoisotopic (exact) mass is 162 g/mol. The highest BCUT2D eigenvalue weighted by Crippen LogP contribution is 2.11. The number of rotatable bonds is 1. The van der Waals surface area contributed by atoms with Crippen molar-refractivity contribution in [3.05, 3.63) is 35.9 Å². The van der Waals surface area contributed by atoms with Gasteiger partial charge in [-0.1, -0.05) is 44.2 Å². The molecule has 1 aromatic rings. The van der Waals surface area contributed by atoms with Crippen LogP contribution in [0.1, 0.15) is 25.3 Å². The van der Waals surface area contributed by atoms with Crippen LogP contribution in [0, 0.1) is 10.8 Å². The molecule has 2 N–H and O–H groups in total. The average Bonchev–Trinajstić information content (AvgIpc) is 2.07. The van der Waals surface area contributed by atoms with E-state index < -0.39 is 0 Å². The minimum Gasteiger partial charge on any atom is -0.242 e. The van der Waals surface area contributed by atoms with Gasteiger partial charge in [0, 0.05) is 0 Å². The molecule has 2 heteroatoms. The van der Waals surface area contributed by atoms with Crippen molar-refractivity contribution in [2.24, 2.45) is 0 Å². The van der Waals surface area contributed by atoms with Crippen molar-refractivity contribution < 1.29 is 0 Å². The molecule has 0 amide bonds. The van der Waals surface area contributed by atoms with Gasteiger partial charge in [0.05, 0.1) is 6.01 Å². The molecule has 0 radical (unpaired) electrons. The Bertz CT molecular complexity index is 233. The normalized spacial score (nSPS) is 8.25. The molecule has 1 rings (SSSR count). The van der Waals surface area contributed by atoms with Crippen molar-refractivity contribution in [1.82, 2.24) is 0 Å². The zero-order chi connectivity index (χ0) is 9.40. The molecule has 0 aromatic heterocycles. The summed E-state index contributed by atoms with van der Waals surface area (Å²) in [5.41, 5.74) is 1.41. The topological polar surface area (TPSA) is 47.7 Å². The Morgan fingerprint density at radius 3 is 1.75 bits per heavy atom. The lowest BCUT2D eigenvalue weighted by atomic mass is 10.0. The first-order valence-electron chi connectivity index (χ1n) is 3.85. The van der Waals surface area contributed by atoms with Crippen molar-refractivity contribution in [3.8, 4) is 0 Å². The first kappa shape index (κ1) is 10.6. The molecule has 64 valence electrons. The van der Waals surface area contributed by atoms with E-state index in [-0.39, 0.29) is 0 Å². The summed E-state index contributed by atoms with van der Waals surface area (Å²) < 4.78 is 0. The lowest BCUT2D eigenvalue weighted by Gasteiger charge is -2.01. The van der Waals surface area contributed by atoms with E-state index in [4.69, 9.17) is 10.8 Å². The number of nitrogens with one attached hydrogen (secondary N) is 2. The van der Waals surface area contributed by atoms with E-state index in [1.54, 1.807) is 0 Å². The molecule has 0 aliphatic heterocycles. The lowest BCUT2D eigenvalue weighted by molar-refractivity contribution is 0.867. The van der Waals surface area contributed by atoms with Crippen LogP contribution in [0.25, 0.3) is 0 Å². The van der Waals surface area contributed by atoms with E-state index in [0.29, 0.717) is 5.92 Å². The van der Waals surface area contributed by atoms with Gasteiger partial charge in [-0.3, -0.25) is 0 Å². The quantitative estimate of drug-likeness (QED) is 0.596. The number of hydrogen-bond acceptors (Lipinski definition) is 2. The Balaban J connectivity index is 0.000000354. The summed E-state index contributed by atoms with van der Waals surface area (Å²) in [6, 6.07) is 11.8.